The van der Waals surface area contributed by atoms with Gasteiger partial charge in [-0.25, -0.2) is 0 Å². The van der Waals surface area contributed by atoms with Crippen LogP contribution in [-0.2, 0) is 4.74 Å². The molecule has 1 atom stereocenters. The molecule has 1 aromatic carbocycles. The first-order chi connectivity index (χ1) is 9.65. The average molecular weight is 273 g/mol. The molecule has 0 N–H and O–H groups in total. The van der Waals surface area contributed by atoms with Gasteiger partial charge in [0.1, 0.15) is 11.3 Å². The van der Waals surface area contributed by atoms with Crippen molar-refractivity contribution < 1.29 is 13.9 Å². The van der Waals surface area contributed by atoms with Crippen LogP contribution in [0.4, 0.5) is 0 Å². The summed E-state index contributed by atoms with van der Waals surface area (Å²) in [7, 11) is 1.82. The smallest absolute Gasteiger partial charge is 0.257 e. The minimum atomic E-state index is -0.0135. The van der Waals surface area contributed by atoms with Gasteiger partial charge in [0.2, 0.25) is 0 Å². The van der Waals surface area contributed by atoms with E-state index in [0.717, 1.165) is 30.6 Å². The molecule has 4 nitrogen and oxygen atoms in total. The normalized spacial score (nSPS) is 18.6. The summed E-state index contributed by atoms with van der Waals surface area (Å²) in [5.74, 6) is 0.808. The molecule has 106 valence electrons. The van der Waals surface area contributed by atoms with Gasteiger partial charge in [-0.2, -0.15) is 0 Å². The minimum Gasteiger partial charge on any atom is -0.461 e. The maximum absolute atomic E-state index is 12.6. The molecule has 1 unspecified atom stereocenters. The predicted molar refractivity (Wildman–Crippen MR) is 76.9 cm³/mol. The summed E-state index contributed by atoms with van der Waals surface area (Å²) in [6.07, 6.45) is 2.28. The number of carbonyl (C=O) groups is 1. The third-order valence-electron chi connectivity index (χ3n) is 3.75. The van der Waals surface area contributed by atoms with Crippen molar-refractivity contribution in [1.82, 2.24) is 4.90 Å². The van der Waals surface area contributed by atoms with Gasteiger partial charge >= 0.3 is 0 Å². The van der Waals surface area contributed by atoms with Gasteiger partial charge in [-0.15, -0.1) is 0 Å². The quantitative estimate of drug-likeness (QED) is 0.863. The lowest BCUT2D eigenvalue weighted by atomic mass is 10.1. The van der Waals surface area contributed by atoms with Crippen LogP contribution in [0.2, 0.25) is 0 Å². The van der Waals surface area contributed by atoms with Crippen molar-refractivity contribution in [3.63, 3.8) is 0 Å². The van der Waals surface area contributed by atoms with E-state index in [1.165, 1.54) is 0 Å². The van der Waals surface area contributed by atoms with Crippen LogP contribution in [0.15, 0.2) is 28.7 Å². The van der Waals surface area contributed by atoms with Gasteiger partial charge in [0.15, 0.2) is 0 Å². The number of benzene rings is 1. The Morgan fingerprint density at radius 2 is 2.30 bits per heavy atom. The Balaban J connectivity index is 1.84. The number of aryl methyl sites for hydroxylation is 1. The Hall–Kier alpha value is -1.81. The maximum Gasteiger partial charge on any atom is 0.257 e. The number of para-hydroxylation sites is 1. The summed E-state index contributed by atoms with van der Waals surface area (Å²) in [6.45, 7) is 3.33. The Bertz CT molecular complexity index is 626. The monoisotopic (exact) mass is 273 g/mol. The van der Waals surface area contributed by atoms with Gasteiger partial charge < -0.3 is 14.1 Å². The van der Waals surface area contributed by atoms with Crippen LogP contribution >= 0.6 is 0 Å². The molecule has 1 aromatic heterocycles. The van der Waals surface area contributed by atoms with E-state index in [-0.39, 0.29) is 12.0 Å². The molecule has 1 amide bonds. The molecule has 4 heteroatoms. The molecular formula is C16H19NO3. The van der Waals surface area contributed by atoms with Crippen molar-refractivity contribution in [3.05, 3.63) is 35.6 Å². The van der Waals surface area contributed by atoms with Gasteiger partial charge in [0.05, 0.1) is 11.7 Å². The summed E-state index contributed by atoms with van der Waals surface area (Å²) in [6, 6.07) is 7.62. The van der Waals surface area contributed by atoms with E-state index < -0.39 is 0 Å². The van der Waals surface area contributed by atoms with Crippen molar-refractivity contribution in [3.8, 4) is 0 Å². The van der Waals surface area contributed by atoms with Gasteiger partial charge in [-0.1, -0.05) is 12.1 Å². The van der Waals surface area contributed by atoms with E-state index in [4.69, 9.17) is 9.15 Å². The fourth-order valence-corrected chi connectivity index (χ4v) is 2.74. The minimum absolute atomic E-state index is 0.0135. The Labute approximate surface area is 118 Å². The molecule has 0 saturated carbocycles. The number of likely N-dealkylation sites (N-methyl/N-ethyl adjacent to an activating group) is 1. The standard InChI is InChI=1S/C16H19NO3/c1-11-9-12-5-3-7-14(15(12)20-11)16(18)17(2)10-13-6-4-8-19-13/h3,5,7,9,13H,4,6,8,10H2,1-2H3. The lowest BCUT2D eigenvalue weighted by molar-refractivity contribution is 0.0587. The molecule has 0 spiro atoms. The zero-order chi connectivity index (χ0) is 14.1. The Kier molecular flexibility index (Phi) is 3.49. The van der Waals surface area contributed by atoms with Crippen LogP contribution in [0.5, 0.6) is 0 Å². The highest BCUT2D eigenvalue weighted by Gasteiger charge is 2.22. The van der Waals surface area contributed by atoms with Crippen LogP contribution in [0.25, 0.3) is 11.0 Å². The zero-order valence-corrected chi connectivity index (χ0v) is 11.9. The molecule has 0 radical (unpaired) electrons. The summed E-state index contributed by atoms with van der Waals surface area (Å²) in [5.41, 5.74) is 1.30. The number of furan rings is 1. The summed E-state index contributed by atoms with van der Waals surface area (Å²) in [4.78, 5) is 14.3. The first kappa shape index (κ1) is 13.2. The first-order valence-corrected chi connectivity index (χ1v) is 7.01. The lowest BCUT2D eigenvalue weighted by Crippen LogP contribution is -2.34. The Morgan fingerprint density at radius 1 is 1.45 bits per heavy atom. The summed E-state index contributed by atoms with van der Waals surface area (Å²) in [5, 5.41) is 0.971. The van der Waals surface area contributed by atoms with E-state index in [1.807, 2.05) is 38.2 Å². The number of nitrogens with zero attached hydrogens (tertiary/aromatic N) is 1. The first-order valence-electron chi connectivity index (χ1n) is 7.01. The largest absolute Gasteiger partial charge is 0.461 e. The van der Waals surface area contributed by atoms with Crippen molar-refractivity contribution in [2.45, 2.75) is 25.9 Å². The fraction of sp³-hybridized carbons (Fsp3) is 0.438. The van der Waals surface area contributed by atoms with Crippen LogP contribution in [0.3, 0.4) is 0 Å². The van der Waals surface area contributed by atoms with E-state index in [9.17, 15) is 4.79 Å². The van der Waals surface area contributed by atoms with Gasteiger partial charge in [-0.3, -0.25) is 4.79 Å². The average Bonchev–Trinajstić information content (AvgIpc) is 3.05. The van der Waals surface area contributed by atoms with E-state index in [1.54, 1.807) is 4.90 Å². The fourth-order valence-electron chi connectivity index (χ4n) is 2.74. The number of carbonyl (C=O) groups excluding carboxylic acids is 1. The van der Waals surface area contributed by atoms with Gasteiger partial charge in [0.25, 0.3) is 5.91 Å². The zero-order valence-electron chi connectivity index (χ0n) is 11.9. The van der Waals surface area contributed by atoms with Crippen LogP contribution in [0, 0.1) is 6.92 Å². The summed E-state index contributed by atoms with van der Waals surface area (Å²) < 4.78 is 11.2. The molecule has 0 bridgehead atoms. The summed E-state index contributed by atoms with van der Waals surface area (Å²) >= 11 is 0. The van der Waals surface area contributed by atoms with E-state index >= 15 is 0 Å². The SMILES string of the molecule is Cc1cc2cccc(C(=O)N(C)CC3CCCO3)c2o1. The molecule has 1 aliphatic heterocycles. The van der Waals surface area contributed by atoms with Gasteiger partial charge in [0, 0.05) is 25.6 Å². The highest BCUT2D eigenvalue weighted by atomic mass is 16.5. The number of ether oxygens (including phenoxy) is 1. The predicted octanol–water partition coefficient (Wildman–Crippen LogP) is 2.99. The highest BCUT2D eigenvalue weighted by molar-refractivity contribution is 6.04. The topological polar surface area (TPSA) is 42.7 Å². The number of hydrogen-bond acceptors (Lipinski definition) is 3. The molecular weight excluding hydrogens is 254 g/mol. The molecule has 2 heterocycles. The maximum atomic E-state index is 12.6. The Morgan fingerprint density at radius 3 is 3.05 bits per heavy atom. The second kappa shape index (κ2) is 5.29. The molecule has 2 aromatic rings. The highest BCUT2D eigenvalue weighted by Crippen LogP contribution is 2.24. The van der Waals surface area contributed by atoms with Gasteiger partial charge in [-0.05, 0) is 31.9 Å². The lowest BCUT2D eigenvalue weighted by Gasteiger charge is -2.20. The van der Waals surface area contributed by atoms with E-state index in [0.29, 0.717) is 17.7 Å². The third-order valence-corrected chi connectivity index (χ3v) is 3.75. The number of hydrogen-bond donors (Lipinski definition) is 0. The third kappa shape index (κ3) is 2.43. The second-order valence-electron chi connectivity index (χ2n) is 5.40. The van der Waals surface area contributed by atoms with Crippen molar-refractivity contribution in [2.24, 2.45) is 0 Å². The molecule has 1 saturated heterocycles. The molecule has 0 aliphatic carbocycles. The second-order valence-corrected chi connectivity index (χ2v) is 5.40. The van der Waals surface area contributed by atoms with Crippen molar-refractivity contribution >= 4 is 16.9 Å². The number of fused-ring (bicyclic) bond motifs is 1. The molecule has 1 aliphatic rings. The van der Waals surface area contributed by atoms with Crippen molar-refractivity contribution in [1.29, 1.82) is 0 Å². The number of amides is 1. The van der Waals surface area contributed by atoms with Crippen molar-refractivity contribution in [2.75, 3.05) is 20.2 Å². The van der Waals surface area contributed by atoms with Crippen LogP contribution in [0.1, 0.15) is 29.0 Å². The van der Waals surface area contributed by atoms with Crippen LogP contribution in [-0.4, -0.2) is 37.1 Å². The van der Waals surface area contributed by atoms with Crippen LogP contribution < -0.4 is 0 Å². The molecule has 3 rings (SSSR count). The molecule has 1 fully saturated rings. The molecule has 20 heavy (non-hydrogen) atoms. The van der Waals surface area contributed by atoms with E-state index in [2.05, 4.69) is 0 Å². The number of rotatable bonds is 3.